The third-order valence-electron chi connectivity index (χ3n) is 5.26. The van der Waals surface area contributed by atoms with Crippen molar-refractivity contribution in [2.45, 2.75) is 12.5 Å². The highest BCUT2D eigenvalue weighted by atomic mass is 16.5. The quantitative estimate of drug-likeness (QED) is 0.485. The summed E-state index contributed by atoms with van der Waals surface area (Å²) in [4.78, 5) is 38.0. The van der Waals surface area contributed by atoms with E-state index < -0.39 is 52.7 Å². The molecule has 2 aromatic carbocycles. The van der Waals surface area contributed by atoms with Crippen LogP contribution in [-0.4, -0.2) is 51.5 Å². The maximum atomic E-state index is 13.1. The van der Waals surface area contributed by atoms with Gasteiger partial charge in [0.1, 0.15) is 23.9 Å². The SMILES string of the molecule is COc1cccc2c1C(=O)c1c(O)c3c(c(O)c1C2=O)C=C(C(=O)CO)C[C@@H]3O. The second-order valence-electron chi connectivity index (χ2n) is 6.79. The molecule has 29 heavy (non-hydrogen) atoms. The summed E-state index contributed by atoms with van der Waals surface area (Å²) in [7, 11) is 1.33. The summed E-state index contributed by atoms with van der Waals surface area (Å²) in [5.74, 6) is -3.21. The fraction of sp³-hybridized carbons (Fsp3) is 0.190. The number of phenols is 2. The van der Waals surface area contributed by atoms with Crippen LogP contribution in [0.25, 0.3) is 6.08 Å². The average Bonchev–Trinajstić information content (AvgIpc) is 2.72. The predicted octanol–water partition coefficient (Wildman–Crippen LogP) is 1.26. The smallest absolute Gasteiger partial charge is 0.202 e. The number of ether oxygens (including phenoxy) is 1. The standard InChI is InChI=1S/C21H16O8/c1-29-13-4-2-3-9-15(13)21(28)17-16(18(9)25)19(26)10-5-8(12(24)7-22)6-11(23)14(10)20(17)27/h2-5,11,22-23,26-27H,6-7H2,1H3/t11-/m0/s1. The number of carbonyl (C=O) groups is 3. The third kappa shape index (κ3) is 2.50. The lowest BCUT2D eigenvalue weighted by Gasteiger charge is -2.28. The van der Waals surface area contributed by atoms with Crippen LogP contribution in [0.5, 0.6) is 17.2 Å². The lowest BCUT2D eigenvalue weighted by Crippen LogP contribution is -2.24. The van der Waals surface area contributed by atoms with Crippen molar-refractivity contribution < 1.29 is 39.5 Å². The molecule has 8 heteroatoms. The van der Waals surface area contributed by atoms with Crippen molar-refractivity contribution in [1.29, 1.82) is 0 Å². The summed E-state index contributed by atoms with van der Waals surface area (Å²) in [6.45, 7) is -0.795. The zero-order valence-electron chi connectivity index (χ0n) is 15.2. The van der Waals surface area contributed by atoms with Crippen molar-refractivity contribution in [3.8, 4) is 17.2 Å². The van der Waals surface area contributed by atoms with Gasteiger partial charge in [-0.25, -0.2) is 0 Å². The number of carbonyl (C=O) groups excluding carboxylic acids is 3. The first-order chi connectivity index (χ1) is 13.8. The van der Waals surface area contributed by atoms with Crippen LogP contribution in [0.4, 0.5) is 0 Å². The van der Waals surface area contributed by atoms with Gasteiger partial charge in [-0.2, -0.15) is 0 Å². The summed E-state index contributed by atoms with van der Waals surface area (Å²) in [5.41, 5.74) is -1.14. The number of benzene rings is 2. The molecule has 0 heterocycles. The van der Waals surface area contributed by atoms with Gasteiger partial charge in [0.15, 0.2) is 11.6 Å². The Morgan fingerprint density at radius 2 is 1.79 bits per heavy atom. The first kappa shape index (κ1) is 18.9. The molecule has 148 valence electrons. The number of hydrogen-bond donors (Lipinski definition) is 4. The Bertz CT molecular complexity index is 1140. The number of hydrogen-bond acceptors (Lipinski definition) is 8. The minimum Gasteiger partial charge on any atom is -0.507 e. The second kappa shape index (κ2) is 6.54. The van der Waals surface area contributed by atoms with Crippen LogP contribution in [0.15, 0.2) is 23.8 Å². The molecule has 4 rings (SSSR count). The molecule has 0 amide bonds. The Labute approximate surface area is 164 Å². The van der Waals surface area contributed by atoms with Crippen molar-refractivity contribution in [2.75, 3.05) is 13.7 Å². The van der Waals surface area contributed by atoms with Crippen LogP contribution in [0.2, 0.25) is 0 Å². The molecule has 0 unspecified atom stereocenters. The van der Waals surface area contributed by atoms with Gasteiger partial charge < -0.3 is 25.2 Å². The molecule has 0 saturated carbocycles. The van der Waals surface area contributed by atoms with Crippen molar-refractivity contribution in [1.82, 2.24) is 0 Å². The third-order valence-corrected chi connectivity index (χ3v) is 5.26. The molecule has 2 aliphatic rings. The van der Waals surface area contributed by atoms with Crippen molar-refractivity contribution in [2.24, 2.45) is 0 Å². The summed E-state index contributed by atoms with van der Waals surface area (Å²) in [6, 6.07) is 4.42. The highest BCUT2D eigenvalue weighted by molar-refractivity contribution is 6.31. The van der Waals surface area contributed by atoms with E-state index >= 15 is 0 Å². The average molecular weight is 396 g/mol. The number of Topliss-reactive ketones (excluding diaryl/α,β-unsaturated/α-hetero) is 1. The molecule has 0 aliphatic heterocycles. The lowest BCUT2D eigenvalue weighted by atomic mass is 9.77. The van der Waals surface area contributed by atoms with Crippen LogP contribution in [-0.2, 0) is 4.79 Å². The lowest BCUT2D eigenvalue weighted by molar-refractivity contribution is -0.118. The van der Waals surface area contributed by atoms with Gasteiger partial charge in [0.25, 0.3) is 0 Å². The van der Waals surface area contributed by atoms with Gasteiger partial charge in [0.2, 0.25) is 5.78 Å². The number of phenolic OH excluding ortho intramolecular Hbond substituents is 2. The molecule has 2 aliphatic carbocycles. The van der Waals surface area contributed by atoms with Crippen molar-refractivity contribution in [3.05, 3.63) is 57.2 Å². The fourth-order valence-corrected chi connectivity index (χ4v) is 3.91. The Morgan fingerprint density at radius 3 is 2.45 bits per heavy atom. The summed E-state index contributed by atoms with van der Waals surface area (Å²) in [5, 5.41) is 41.1. The van der Waals surface area contributed by atoms with Gasteiger partial charge in [-0.05, 0) is 12.1 Å². The van der Waals surface area contributed by atoms with Crippen LogP contribution in [0.3, 0.4) is 0 Å². The zero-order valence-corrected chi connectivity index (χ0v) is 15.2. The van der Waals surface area contributed by atoms with E-state index in [1.165, 1.54) is 31.4 Å². The van der Waals surface area contributed by atoms with E-state index in [0.717, 1.165) is 0 Å². The maximum absolute atomic E-state index is 13.1. The Morgan fingerprint density at radius 1 is 1.10 bits per heavy atom. The summed E-state index contributed by atoms with van der Waals surface area (Å²) in [6.07, 6.45) is -0.437. The van der Waals surface area contributed by atoms with Gasteiger partial charge in [0.05, 0.1) is 29.9 Å². The number of rotatable bonds is 3. The van der Waals surface area contributed by atoms with E-state index in [9.17, 15) is 29.7 Å². The van der Waals surface area contributed by atoms with Crippen molar-refractivity contribution >= 4 is 23.4 Å². The first-order valence-electron chi connectivity index (χ1n) is 8.72. The molecule has 0 bridgehead atoms. The Hall–Kier alpha value is -3.49. The molecule has 4 N–H and O–H groups in total. The predicted molar refractivity (Wildman–Crippen MR) is 99.3 cm³/mol. The number of fused-ring (bicyclic) bond motifs is 3. The topological polar surface area (TPSA) is 141 Å². The Kier molecular flexibility index (Phi) is 4.25. The first-order valence-corrected chi connectivity index (χ1v) is 8.72. The number of aliphatic hydroxyl groups is 2. The van der Waals surface area contributed by atoms with E-state index in [0.29, 0.717) is 0 Å². The molecule has 0 radical (unpaired) electrons. The number of aliphatic hydroxyl groups excluding tert-OH is 2. The maximum Gasteiger partial charge on any atom is 0.202 e. The van der Waals surface area contributed by atoms with E-state index in [-0.39, 0.29) is 40.0 Å². The molecule has 0 spiro atoms. The van der Waals surface area contributed by atoms with Gasteiger partial charge in [-0.1, -0.05) is 12.1 Å². The Balaban J connectivity index is 2.05. The number of ketones is 3. The van der Waals surface area contributed by atoms with Gasteiger partial charge in [-0.3, -0.25) is 14.4 Å². The minimum absolute atomic E-state index is 0.00324. The summed E-state index contributed by atoms with van der Waals surface area (Å²) >= 11 is 0. The van der Waals surface area contributed by atoms with Gasteiger partial charge in [-0.15, -0.1) is 0 Å². The molecule has 2 aromatic rings. The van der Waals surface area contributed by atoms with E-state index in [4.69, 9.17) is 9.84 Å². The van der Waals surface area contributed by atoms with Crippen molar-refractivity contribution in [3.63, 3.8) is 0 Å². The van der Waals surface area contributed by atoms with Crippen LogP contribution in [0, 0.1) is 0 Å². The zero-order chi connectivity index (χ0) is 21.0. The second-order valence-corrected chi connectivity index (χ2v) is 6.79. The monoisotopic (exact) mass is 396 g/mol. The van der Waals surface area contributed by atoms with Crippen LogP contribution >= 0.6 is 0 Å². The molecular formula is C21H16O8. The summed E-state index contributed by atoms with van der Waals surface area (Å²) < 4.78 is 5.17. The molecule has 1 atom stereocenters. The minimum atomic E-state index is -1.42. The van der Waals surface area contributed by atoms with E-state index in [2.05, 4.69) is 0 Å². The molecule has 0 saturated heterocycles. The highest BCUT2D eigenvalue weighted by Crippen LogP contribution is 2.49. The molecule has 8 nitrogen and oxygen atoms in total. The fourth-order valence-electron chi connectivity index (χ4n) is 3.91. The van der Waals surface area contributed by atoms with Gasteiger partial charge in [0, 0.05) is 28.7 Å². The van der Waals surface area contributed by atoms with Crippen LogP contribution in [0.1, 0.15) is 55.5 Å². The molecular weight excluding hydrogens is 380 g/mol. The number of aromatic hydroxyl groups is 2. The van der Waals surface area contributed by atoms with E-state index in [1.54, 1.807) is 0 Å². The van der Waals surface area contributed by atoms with E-state index in [1.807, 2.05) is 0 Å². The van der Waals surface area contributed by atoms with Gasteiger partial charge >= 0.3 is 0 Å². The normalized spacial score (nSPS) is 17.2. The number of methoxy groups -OCH3 is 1. The highest BCUT2D eigenvalue weighted by Gasteiger charge is 2.41. The molecule has 0 aromatic heterocycles. The van der Waals surface area contributed by atoms with Crippen LogP contribution < -0.4 is 4.74 Å². The largest absolute Gasteiger partial charge is 0.507 e. The molecule has 0 fully saturated rings.